The summed E-state index contributed by atoms with van der Waals surface area (Å²) in [7, 11) is 0. The van der Waals surface area contributed by atoms with Crippen molar-refractivity contribution in [1.29, 1.82) is 0 Å². The predicted octanol–water partition coefficient (Wildman–Crippen LogP) is 2.82. The Bertz CT molecular complexity index is 550. The molecule has 1 aliphatic rings. The van der Waals surface area contributed by atoms with Crippen LogP contribution >= 0.6 is 11.3 Å². The fourth-order valence-electron chi connectivity index (χ4n) is 2.58. The number of hydrogen-bond donors (Lipinski definition) is 1. The zero-order valence-corrected chi connectivity index (χ0v) is 12.0. The van der Waals surface area contributed by atoms with Crippen LogP contribution in [0.1, 0.15) is 22.9 Å². The maximum Gasteiger partial charge on any atom is 0.0445 e. The molecule has 2 aromatic heterocycles. The fourth-order valence-corrected chi connectivity index (χ4v) is 3.47. The van der Waals surface area contributed by atoms with E-state index >= 15 is 0 Å². The molecule has 1 N–H and O–H groups in total. The molecule has 2 aromatic rings. The second kappa shape index (κ2) is 5.72. The quantitative estimate of drug-likeness (QED) is 0.928. The average molecular weight is 273 g/mol. The summed E-state index contributed by atoms with van der Waals surface area (Å²) in [5.74, 6) is 0. The first-order chi connectivity index (χ1) is 9.38. The minimum Gasteiger partial charge on any atom is -0.366 e. The summed E-state index contributed by atoms with van der Waals surface area (Å²) < 4.78 is 0. The SMILES string of the molecule is CCNCc1cnccc1N1CCc2sccc2C1. The van der Waals surface area contributed by atoms with Gasteiger partial charge in [0.25, 0.3) is 0 Å². The maximum absolute atomic E-state index is 4.26. The molecule has 3 rings (SSSR count). The summed E-state index contributed by atoms with van der Waals surface area (Å²) >= 11 is 1.89. The van der Waals surface area contributed by atoms with Crippen molar-refractivity contribution in [2.45, 2.75) is 26.4 Å². The lowest BCUT2D eigenvalue weighted by molar-refractivity contribution is 0.702. The van der Waals surface area contributed by atoms with E-state index in [2.05, 4.69) is 39.6 Å². The number of anilines is 1. The maximum atomic E-state index is 4.26. The third-order valence-corrected chi connectivity index (χ3v) is 4.61. The molecule has 0 radical (unpaired) electrons. The van der Waals surface area contributed by atoms with E-state index in [1.165, 1.54) is 16.8 Å². The molecule has 0 spiro atoms. The van der Waals surface area contributed by atoms with Crippen LogP contribution in [0.5, 0.6) is 0 Å². The molecule has 1 aliphatic heterocycles. The predicted molar refractivity (Wildman–Crippen MR) is 80.7 cm³/mol. The van der Waals surface area contributed by atoms with Crippen LogP contribution in [0.25, 0.3) is 0 Å². The first-order valence-electron chi connectivity index (χ1n) is 6.82. The highest BCUT2D eigenvalue weighted by Gasteiger charge is 2.19. The summed E-state index contributed by atoms with van der Waals surface area (Å²) in [4.78, 5) is 8.29. The summed E-state index contributed by atoms with van der Waals surface area (Å²) in [6.07, 6.45) is 5.05. The van der Waals surface area contributed by atoms with Crippen molar-refractivity contribution in [1.82, 2.24) is 10.3 Å². The van der Waals surface area contributed by atoms with Crippen LogP contribution in [0.15, 0.2) is 29.9 Å². The topological polar surface area (TPSA) is 28.2 Å². The highest BCUT2D eigenvalue weighted by molar-refractivity contribution is 7.10. The molecule has 19 heavy (non-hydrogen) atoms. The third-order valence-electron chi connectivity index (χ3n) is 3.59. The van der Waals surface area contributed by atoms with Crippen LogP contribution < -0.4 is 10.2 Å². The van der Waals surface area contributed by atoms with Crippen molar-refractivity contribution in [2.75, 3.05) is 18.0 Å². The highest BCUT2D eigenvalue weighted by Crippen LogP contribution is 2.29. The number of hydrogen-bond acceptors (Lipinski definition) is 4. The molecule has 4 heteroatoms. The number of fused-ring (bicyclic) bond motifs is 1. The van der Waals surface area contributed by atoms with E-state index < -0.39 is 0 Å². The number of pyridine rings is 1. The van der Waals surface area contributed by atoms with Gasteiger partial charge in [-0.1, -0.05) is 6.92 Å². The van der Waals surface area contributed by atoms with Crippen molar-refractivity contribution in [2.24, 2.45) is 0 Å². The Morgan fingerprint density at radius 3 is 3.26 bits per heavy atom. The number of rotatable bonds is 4. The zero-order valence-electron chi connectivity index (χ0n) is 11.2. The Hall–Kier alpha value is -1.39. The first-order valence-corrected chi connectivity index (χ1v) is 7.70. The van der Waals surface area contributed by atoms with Crippen LogP contribution in [0.2, 0.25) is 0 Å². The van der Waals surface area contributed by atoms with E-state index in [-0.39, 0.29) is 0 Å². The average Bonchev–Trinajstić information content (AvgIpc) is 2.92. The Morgan fingerprint density at radius 1 is 1.42 bits per heavy atom. The van der Waals surface area contributed by atoms with Gasteiger partial charge in [0.05, 0.1) is 0 Å². The van der Waals surface area contributed by atoms with E-state index in [0.29, 0.717) is 0 Å². The van der Waals surface area contributed by atoms with Crippen LogP contribution in [0.3, 0.4) is 0 Å². The summed E-state index contributed by atoms with van der Waals surface area (Å²) in [6, 6.07) is 4.40. The van der Waals surface area contributed by atoms with Gasteiger partial charge in [0.1, 0.15) is 0 Å². The Kier molecular flexibility index (Phi) is 3.80. The number of thiophene rings is 1. The van der Waals surface area contributed by atoms with Gasteiger partial charge < -0.3 is 10.2 Å². The smallest absolute Gasteiger partial charge is 0.0445 e. The van der Waals surface area contributed by atoms with Gasteiger partial charge in [0, 0.05) is 48.2 Å². The van der Waals surface area contributed by atoms with Gasteiger partial charge in [-0.15, -0.1) is 11.3 Å². The van der Waals surface area contributed by atoms with E-state index in [9.17, 15) is 0 Å². The molecule has 0 bridgehead atoms. The second-order valence-corrected chi connectivity index (χ2v) is 5.83. The molecule has 0 unspecified atom stereocenters. The van der Waals surface area contributed by atoms with Crippen molar-refractivity contribution in [3.8, 4) is 0 Å². The molecule has 0 aromatic carbocycles. The number of nitrogens with zero attached hydrogens (tertiary/aromatic N) is 2. The molecule has 0 saturated heterocycles. The molecule has 0 aliphatic carbocycles. The third kappa shape index (κ3) is 2.65. The van der Waals surface area contributed by atoms with Gasteiger partial charge >= 0.3 is 0 Å². The van der Waals surface area contributed by atoms with E-state index in [0.717, 1.165) is 32.6 Å². The van der Waals surface area contributed by atoms with Gasteiger partial charge in [0.2, 0.25) is 0 Å². The molecule has 3 heterocycles. The van der Waals surface area contributed by atoms with Crippen LogP contribution in [-0.4, -0.2) is 18.1 Å². The highest BCUT2D eigenvalue weighted by atomic mass is 32.1. The molecule has 0 saturated carbocycles. The van der Waals surface area contributed by atoms with Crippen molar-refractivity contribution < 1.29 is 0 Å². The lowest BCUT2D eigenvalue weighted by Crippen LogP contribution is -2.30. The van der Waals surface area contributed by atoms with Crippen molar-refractivity contribution in [3.63, 3.8) is 0 Å². The lowest BCUT2D eigenvalue weighted by atomic mass is 10.1. The monoisotopic (exact) mass is 273 g/mol. The van der Waals surface area contributed by atoms with Crippen LogP contribution in [0.4, 0.5) is 5.69 Å². The molecular formula is C15H19N3S. The van der Waals surface area contributed by atoms with E-state index in [1.54, 1.807) is 4.88 Å². The molecule has 0 amide bonds. The number of aromatic nitrogens is 1. The van der Waals surface area contributed by atoms with Crippen molar-refractivity contribution in [3.05, 3.63) is 45.9 Å². The molecule has 0 fully saturated rings. The largest absolute Gasteiger partial charge is 0.366 e. The summed E-state index contributed by atoms with van der Waals surface area (Å²) in [6.45, 7) is 6.16. The molecule has 0 atom stereocenters. The Labute approximate surface area is 118 Å². The second-order valence-electron chi connectivity index (χ2n) is 4.83. The van der Waals surface area contributed by atoms with Crippen LogP contribution in [0, 0.1) is 0 Å². The standard InChI is InChI=1S/C15H19N3S/c1-2-16-9-13-10-17-6-3-14(13)18-7-4-15-12(11-18)5-8-19-15/h3,5-6,8,10,16H,2,4,7,9,11H2,1H3. The molecule has 3 nitrogen and oxygen atoms in total. The Balaban J connectivity index is 1.83. The summed E-state index contributed by atoms with van der Waals surface area (Å²) in [5, 5.41) is 5.60. The molecular weight excluding hydrogens is 254 g/mol. The van der Waals surface area contributed by atoms with Crippen LogP contribution in [-0.2, 0) is 19.5 Å². The van der Waals surface area contributed by atoms with E-state index in [4.69, 9.17) is 0 Å². The number of nitrogens with one attached hydrogen (secondary N) is 1. The minimum atomic E-state index is 0.896. The van der Waals surface area contributed by atoms with E-state index in [1.807, 2.05) is 23.7 Å². The zero-order chi connectivity index (χ0) is 13.1. The minimum absolute atomic E-state index is 0.896. The van der Waals surface area contributed by atoms with Gasteiger partial charge in [-0.05, 0) is 36.0 Å². The fraction of sp³-hybridized carbons (Fsp3) is 0.400. The lowest BCUT2D eigenvalue weighted by Gasteiger charge is -2.30. The normalized spacial score (nSPS) is 14.5. The Morgan fingerprint density at radius 2 is 2.37 bits per heavy atom. The van der Waals surface area contributed by atoms with Gasteiger partial charge in [0.15, 0.2) is 0 Å². The van der Waals surface area contributed by atoms with Gasteiger partial charge in [-0.25, -0.2) is 0 Å². The summed E-state index contributed by atoms with van der Waals surface area (Å²) in [5.41, 5.74) is 4.11. The first kappa shape index (κ1) is 12.6. The van der Waals surface area contributed by atoms with Gasteiger partial charge in [-0.2, -0.15) is 0 Å². The molecule has 100 valence electrons. The van der Waals surface area contributed by atoms with Gasteiger partial charge in [-0.3, -0.25) is 4.98 Å². The van der Waals surface area contributed by atoms with Crippen molar-refractivity contribution >= 4 is 17.0 Å².